The molecule has 0 aromatic heterocycles. The average molecular weight is 351 g/mol. The fraction of sp³-hybridized carbons (Fsp3) is 1.00. The van der Waals surface area contributed by atoms with Crippen LogP contribution in [0.3, 0.4) is 0 Å². The third-order valence-corrected chi connectivity index (χ3v) is 2.13. The summed E-state index contributed by atoms with van der Waals surface area (Å²) in [6.45, 7) is 23.2. The maximum atomic E-state index is 5.53. The third-order valence-electron chi connectivity index (χ3n) is 2.13. The van der Waals surface area contributed by atoms with Gasteiger partial charge < -0.3 is 10.6 Å². The second kappa shape index (κ2) is 24.1. The van der Waals surface area contributed by atoms with E-state index in [1.54, 1.807) is 0 Å². The van der Waals surface area contributed by atoms with Crippen LogP contribution >= 0.6 is 0 Å². The Kier molecular flexibility index (Phi) is 40.7. The minimum atomic E-state index is 0. The van der Waals surface area contributed by atoms with Crippen LogP contribution in [0.1, 0.15) is 75.7 Å². The Hall–Kier alpha value is 1.02. The molecule has 2 N–H and O–H groups in total. The van der Waals surface area contributed by atoms with Crippen molar-refractivity contribution in [2.45, 2.75) is 81.2 Å². The van der Waals surface area contributed by atoms with Gasteiger partial charge in [0.1, 0.15) is 0 Å². The molecule has 0 fully saturated rings. The van der Waals surface area contributed by atoms with Crippen molar-refractivity contribution in [3.8, 4) is 0 Å². The van der Waals surface area contributed by atoms with Crippen molar-refractivity contribution < 1.29 is 32.7 Å². The molecule has 0 amide bonds. The summed E-state index contributed by atoms with van der Waals surface area (Å²) in [4.78, 5) is 2.32. The molecule has 1 radical (unpaired) electrons. The van der Waals surface area contributed by atoms with Gasteiger partial charge in [-0.1, -0.05) is 55.4 Å². The van der Waals surface area contributed by atoms with E-state index in [9.17, 15) is 0 Å². The summed E-state index contributed by atoms with van der Waals surface area (Å²) in [6.07, 6.45) is 1.05. The van der Waals surface area contributed by atoms with Crippen LogP contribution in [0, 0.1) is 5.92 Å². The fourth-order valence-corrected chi connectivity index (χ4v) is 0.752. The first-order valence-electron chi connectivity index (χ1n) is 7.70. The first-order chi connectivity index (χ1) is 8.22. The summed E-state index contributed by atoms with van der Waals surface area (Å²) in [5, 5.41) is 0. The minimum absolute atomic E-state index is 0. The summed E-state index contributed by atoms with van der Waals surface area (Å²) in [6, 6.07) is 0. The van der Waals surface area contributed by atoms with Crippen molar-refractivity contribution in [1.29, 1.82) is 0 Å². The molecule has 0 aliphatic rings. The average Bonchev–Trinajstić information content (AvgIpc) is 2.33. The van der Waals surface area contributed by atoms with E-state index in [1.807, 2.05) is 41.5 Å². The van der Waals surface area contributed by atoms with Crippen molar-refractivity contribution in [1.82, 2.24) is 4.90 Å². The Bertz CT molecular complexity index is 120. The Labute approximate surface area is 150 Å². The van der Waals surface area contributed by atoms with E-state index in [-0.39, 0.29) is 38.2 Å². The van der Waals surface area contributed by atoms with E-state index in [1.165, 1.54) is 6.54 Å². The first-order valence-corrected chi connectivity index (χ1v) is 7.70. The molecule has 0 aliphatic carbocycles. The SMILES string of the molecule is CC.CC.CCC(C)(C)N.CCN(C)CC(C)C.[Y]. The first kappa shape index (κ1) is 32.1. The van der Waals surface area contributed by atoms with E-state index in [0.717, 1.165) is 18.9 Å². The molecular formula is C16H42N2Y. The fourth-order valence-electron chi connectivity index (χ4n) is 0.752. The Balaban J connectivity index is -0.0000000531. The monoisotopic (exact) mass is 351 g/mol. The molecule has 0 aromatic carbocycles. The Morgan fingerprint density at radius 1 is 1.00 bits per heavy atom. The second-order valence-corrected chi connectivity index (χ2v) is 5.09. The van der Waals surface area contributed by atoms with E-state index >= 15 is 0 Å². The molecule has 0 rings (SSSR count). The Morgan fingerprint density at radius 2 is 1.26 bits per heavy atom. The van der Waals surface area contributed by atoms with Gasteiger partial charge in [-0.25, -0.2) is 0 Å². The van der Waals surface area contributed by atoms with Crippen LogP contribution in [-0.4, -0.2) is 30.6 Å². The summed E-state index contributed by atoms with van der Waals surface area (Å²) in [5.41, 5.74) is 5.58. The van der Waals surface area contributed by atoms with Crippen molar-refractivity contribution in [2.75, 3.05) is 20.1 Å². The summed E-state index contributed by atoms with van der Waals surface area (Å²) in [7, 11) is 2.15. The molecule has 3 heteroatoms. The smallest absolute Gasteiger partial charge is 0.00944 e. The quantitative estimate of drug-likeness (QED) is 0.790. The third kappa shape index (κ3) is 54.9. The van der Waals surface area contributed by atoms with Gasteiger partial charge in [0.05, 0.1) is 0 Å². The number of rotatable bonds is 4. The van der Waals surface area contributed by atoms with Crippen LogP contribution in [0.2, 0.25) is 0 Å². The van der Waals surface area contributed by atoms with Crippen LogP contribution in [0.25, 0.3) is 0 Å². The zero-order valence-corrected chi connectivity index (χ0v) is 18.6. The molecule has 0 unspecified atom stereocenters. The second-order valence-electron chi connectivity index (χ2n) is 5.09. The van der Waals surface area contributed by atoms with Gasteiger partial charge >= 0.3 is 0 Å². The van der Waals surface area contributed by atoms with Crippen LogP contribution in [0.4, 0.5) is 0 Å². The van der Waals surface area contributed by atoms with Crippen molar-refractivity contribution in [2.24, 2.45) is 11.7 Å². The van der Waals surface area contributed by atoms with Crippen molar-refractivity contribution in [3.05, 3.63) is 0 Å². The maximum absolute atomic E-state index is 5.53. The standard InChI is InChI=1S/C7H17N.C5H13N.2C2H6.Y/c1-5-8(4)6-7(2)3;1-4-5(2,3)6;2*1-2;/h7H,5-6H2,1-4H3;4,6H2,1-3H3;2*1-2H3;. The molecule has 0 aliphatic heterocycles. The van der Waals surface area contributed by atoms with Gasteiger partial charge in [-0.15, -0.1) is 0 Å². The van der Waals surface area contributed by atoms with Crippen LogP contribution < -0.4 is 5.73 Å². The summed E-state index contributed by atoms with van der Waals surface area (Å²) in [5.74, 6) is 0.806. The van der Waals surface area contributed by atoms with E-state index < -0.39 is 0 Å². The molecule has 119 valence electrons. The topological polar surface area (TPSA) is 29.3 Å². The molecule has 2 nitrogen and oxygen atoms in total. The normalized spacial score (nSPS) is 9.16. The van der Waals surface area contributed by atoms with Gasteiger partial charge in [-0.3, -0.25) is 0 Å². The predicted molar refractivity (Wildman–Crippen MR) is 89.3 cm³/mol. The molecule has 0 saturated heterocycles. The van der Waals surface area contributed by atoms with Gasteiger partial charge in [0.2, 0.25) is 0 Å². The number of nitrogens with zero attached hydrogens (tertiary/aromatic N) is 1. The van der Waals surface area contributed by atoms with E-state index in [4.69, 9.17) is 5.73 Å². The molecule has 0 spiro atoms. The Morgan fingerprint density at radius 3 is 1.32 bits per heavy atom. The maximum Gasteiger partial charge on any atom is 0.00944 e. The largest absolute Gasteiger partial charge is 0.326 e. The molecule has 19 heavy (non-hydrogen) atoms. The van der Waals surface area contributed by atoms with Gasteiger partial charge in [0.15, 0.2) is 0 Å². The van der Waals surface area contributed by atoms with Gasteiger partial charge in [-0.05, 0) is 39.8 Å². The molecule has 0 bridgehead atoms. The van der Waals surface area contributed by atoms with Crippen LogP contribution in [0.5, 0.6) is 0 Å². The summed E-state index contributed by atoms with van der Waals surface area (Å²) < 4.78 is 0. The van der Waals surface area contributed by atoms with E-state index in [2.05, 4.69) is 39.6 Å². The summed E-state index contributed by atoms with van der Waals surface area (Å²) >= 11 is 0. The molecule has 0 heterocycles. The van der Waals surface area contributed by atoms with Gasteiger partial charge in [0.25, 0.3) is 0 Å². The van der Waals surface area contributed by atoms with Gasteiger partial charge in [0, 0.05) is 44.8 Å². The minimum Gasteiger partial charge on any atom is -0.326 e. The predicted octanol–water partition coefficient (Wildman–Crippen LogP) is 4.78. The van der Waals surface area contributed by atoms with Gasteiger partial charge in [-0.2, -0.15) is 0 Å². The zero-order valence-electron chi connectivity index (χ0n) is 15.8. The molecule has 0 atom stereocenters. The van der Waals surface area contributed by atoms with Crippen molar-refractivity contribution >= 4 is 0 Å². The molecular weight excluding hydrogens is 309 g/mol. The molecule has 0 saturated carbocycles. The number of hydrogen-bond donors (Lipinski definition) is 1. The van der Waals surface area contributed by atoms with Crippen LogP contribution in [0.15, 0.2) is 0 Å². The molecule has 0 aromatic rings. The van der Waals surface area contributed by atoms with E-state index in [0.29, 0.717) is 0 Å². The van der Waals surface area contributed by atoms with Crippen molar-refractivity contribution in [3.63, 3.8) is 0 Å². The van der Waals surface area contributed by atoms with Crippen LogP contribution in [-0.2, 0) is 32.7 Å². The number of nitrogens with two attached hydrogens (primary N) is 1. The number of hydrogen-bond acceptors (Lipinski definition) is 2. The zero-order chi connectivity index (χ0) is 15.8.